The van der Waals surface area contributed by atoms with Gasteiger partial charge in [-0.15, -0.1) is 0 Å². The Kier molecular flexibility index (Phi) is 4.55. The van der Waals surface area contributed by atoms with Gasteiger partial charge in [-0.2, -0.15) is 16.6 Å². The zero-order valence-corrected chi connectivity index (χ0v) is 12.6. The smallest absolute Gasteiger partial charge is 0.212 e. The molecular weight excluding hydrogens is 292 g/mol. The molecule has 0 aliphatic rings. The van der Waals surface area contributed by atoms with Crippen LogP contribution in [0.1, 0.15) is 22.3 Å². The van der Waals surface area contributed by atoms with Gasteiger partial charge in [0.15, 0.2) is 0 Å². The van der Waals surface area contributed by atoms with Crippen molar-refractivity contribution in [1.29, 1.82) is 5.26 Å². The molecule has 0 fully saturated rings. The second-order valence-corrected chi connectivity index (χ2v) is 7.02. The minimum absolute atomic E-state index is 0.0815. The van der Waals surface area contributed by atoms with Gasteiger partial charge < -0.3 is 0 Å². The molecule has 0 radical (unpaired) electrons. The third-order valence-electron chi connectivity index (χ3n) is 2.88. The van der Waals surface area contributed by atoms with Crippen molar-refractivity contribution in [3.8, 4) is 6.07 Å². The van der Waals surface area contributed by atoms with Crippen molar-refractivity contribution >= 4 is 21.4 Å². The van der Waals surface area contributed by atoms with Crippen LogP contribution in [0.4, 0.5) is 0 Å². The van der Waals surface area contributed by atoms with Crippen molar-refractivity contribution in [3.05, 3.63) is 57.3 Å². The Morgan fingerprint density at radius 3 is 2.50 bits per heavy atom. The van der Waals surface area contributed by atoms with Crippen LogP contribution in [-0.4, -0.2) is 8.42 Å². The number of sulfonamides is 1. The van der Waals surface area contributed by atoms with E-state index < -0.39 is 10.0 Å². The van der Waals surface area contributed by atoms with E-state index in [1.54, 1.807) is 35.6 Å². The van der Waals surface area contributed by atoms with Gasteiger partial charge in [-0.05, 0) is 46.5 Å². The topological polar surface area (TPSA) is 70.0 Å². The Hall–Kier alpha value is -1.68. The molecule has 1 aromatic heterocycles. The highest BCUT2D eigenvalue weighted by atomic mass is 32.2. The van der Waals surface area contributed by atoms with E-state index in [9.17, 15) is 8.42 Å². The minimum atomic E-state index is -3.38. The van der Waals surface area contributed by atoms with Crippen LogP contribution < -0.4 is 4.72 Å². The van der Waals surface area contributed by atoms with Crippen LogP contribution in [0, 0.1) is 18.3 Å². The SMILES string of the molecule is Cc1cscc1CNS(=O)(=O)Cc1ccc(C#N)cc1. The average Bonchev–Trinajstić information content (AvgIpc) is 2.83. The van der Waals surface area contributed by atoms with Crippen molar-refractivity contribution in [3.63, 3.8) is 0 Å². The molecule has 0 atom stereocenters. The highest BCUT2D eigenvalue weighted by molar-refractivity contribution is 7.88. The summed E-state index contributed by atoms with van der Waals surface area (Å²) >= 11 is 1.56. The maximum atomic E-state index is 12.0. The summed E-state index contributed by atoms with van der Waals surface area (Å²) in [6.07, 6.45) is 0. The fourth-order valence-corrected chi connectivity index (χ4v) is 3.67. The lowest BCUT2D eigenvalue weighted by atomic mass is 10.2. The first-order valence-corrected chi connectivity index (χ1v) is 8.58. The molecule has 1 N–H and O–H groups in total. The van der Waals surface area contributed by atoms with Gasteiger partial charge in [0.05, 0.1) is 17.4 Å². The van der Waals surface area contributed by atoms with Gasteiger partial charge in [0.2, 0.25) is 10.0 Å². The molecule has 0 amide bonds. The molecule has 6 heteroatoms. The second kappa shape index (κ2) is 6.18. The van der Waals surface area contributed by atoms with E-state index >= 15 is 0 Å². The Morgan fingerprint density at radius 1 is 1.25 bits per heavy atom. The molecule has 1 heterocycles. The second-order valence-electron chi connectivity index (χ2n) is 4.47. The summed E-state index contributed by atoms with van der Waals surface area (Å²) in [6, 6.07) is 8.56. The lowest BCUT2D eigenvalue weighted by molar-refractivity contribution is 0.580. The van der Waals surface area contributed by atoms with Gasteiger partial charge in [0.1, 0.15) is 0 Å². The maximum absolute atomic E-state index is 12.0. The number of nitrogens with zero attached hydrogens (tertiary/aromatic N) is 1. The first-order valence-electron chi connectivity index (χ1n) is 5.98. The predicted octanol–water partition coefficient (Wildman–Crippen LogP) is 2.55. The van der Waals surface area contributed by atoms with Gasteiger partial charge >= 0.3 is 0 Å². The normalized spacial score (nSPS) is 11.2. The number of hydrogen-bond acceptors (Lipinski definition) is 4. The Bertz CT molecular complexity index is 725. The van der Waals surface area contributed by atoms with Gasteiger partial charge in [-0.3, -0.25) is 0 Å². The zero-order chi connectivity index (χ0) is 14.6. The number of hydrogen-bond donors (Lipinski definition) is 1. The summed E-state index contributed by atoms with van der Waals surface area (Å²) < 4.78 is 26.6. The molecule has 0 aliphatic carbocycles. The summed E-state index contributed by atoms with van der Waals surface area (Å²) in [5.41, 5.74) is 3.28. The first kappa shape index (κ1) is 14.7. The van der Waals surface area contributed by atoms with Gasteiger partial charge in [0, 0.05) is 6.54 Å². The van der Waals surface area contributed by atoms with E-state index in [2.05, 4.69) is 4.72 Å². The van der Waals surface area contributed by atoms with Crippen LogP contribution in [0.5, 0.6) is 0 Å². The van der Waals surface area contributed by atoms with Crippen molar-refractivity contribution in [1.82, 2.24) is 4.72 Å². The molecule has 0 saturated heterocycles. The fraction of sp³-hybridized carbons (Fsp3) is 0.214. The van der Waals surface area contributed by atoms with Crippen molar-refractivity contribution < 1.29 is 8.42 Å². The minimum Gasteiger partial charge on any atom is -0.212 e. The lowest BCUT2D eigenvalue weighted by Gasteiger charge is -2.07. The number of benzene rings is 1. The van der Waals surface area contributed by atoms with Crippen LogP contribution in [0.15, 0.2) is 35.0 Å². The van der Waals surface area contributed by atoms with Crippen LogP contribution in [0.3, 0.4) is 0 Å². The Morgan fingerprint density at radius 2 is 1.95 bits per heavy atom. The Balaban J connectivity index is 2.00. The summed E-state index contributed by atoms with van der Waals surface area (Å²) in [4.78, 5) is 0. The molecule has 2 aromatic rings. The van der Waals surface area contributed by atoms with Crippen molar-refractivity contribution in [2.45, 2.75) is 19.2 Å². The average molecular weight is 306 g/mol. The van der Waals surface area contributed by atoms with Crippen LogP contribution >= 0.6 is 11.3 Å². The van der Waals surface area contributed by atoms with Crippen LogP contribution in [-0.2, 0) is 22.3 Å². The predicted molar refractivity (Wildman–Crippen MR) is 79.7 cm³/mol. The molecule has 104 valence electrons. The summed E-state index contributed by atoms with van der Waals surface area (Å²) in [5.74, 6) is -0.0815. The number of nitrogens with one attached hydrogen (secondary N) is 1. The summed E-state index contributed by atoms with van der Waals surface area (Å²) in [5, 5.41) is 12.6. The molecular formula is C14H14N2O2S2. The van der Waals surface area contributed by atoms with Gasteiger partial charge in [0.25, 0.3) is 0 Å². The highest BCUT2D eigenvalue weighted by Gasteiger charge is 2.12. The molecule has 4 nitrogen and oxygen atoms in total. The van der Waals surface area contributed by atoms with Crippen LogP contribution in [0.2, 0.25) is 0 Å². The van der Waals surface area contributed by atoms with E-state index in [-0.39, 0.29) is 5.75 Å². The summed E-state index contributed by atoms with van der Waals surface area (Å²) in [6.45, 7) is 2.27. The molecule has 0 saturated carbocycles. The van der Waals surface area contributed by atoms with E-state index in [1.165, 1.54) is 0 Å². The summed E-state index contributed by atoms with van der Waals surface area (Å²) in [7, 11) is -3.38. The monoisotopic (exact) mass is 306 g/mol. The van der Waals surface area contributed by atoms with E-state index in [4.69, 9.17) is 5.26 Å². The number of aryl methyl sites for hydroxylation is 1. The van der Waals surface area contributed by atoms with Crippen molar-refractivity contribution in [2.75, 3.05) is 0 Å². The standard InChI is InChI=1S/C14H14N2O2S2/c1-11-8-19-9-14(11)7-16-20(17,18)10-13-4-2-12(6-15)3-5-13/h2-5,8-9,16H,7,10H2,1H3. The molecule has 1 aromatic carbocycles. The molecule has 0 unspecified atom stereocenters. The third kappa shape index (κ3) is 3.90. The zero-order valence-electron chi connectivity index (χ0n) is 11.0. The van der Waals surface area contributed by atoms with Crippen LogP contribution in [0.25, 0.3) is 0 Å². The number of rotatable bonds is 5. The molecule has 0 spiro atoms. The molecule has 0 bridgehead atoms. The fourth-order valence-electron chi connectivity index (χ4n) is 1.70. The number of thiophene rings is 1. The van der Waals surface area contributed by atoms with E-state index in [1.807, 2.05) is 23.8 Å². The largest absolute Gasteiger partial charge is 0.216 e. The molecule has 20 heavy (non-hydrogen) atoms. The maximum Gasteiger partial charge on any atom is 0.216 e. The highest BCUT2D eigenvalue weighted by Crippen LogP contribution is 2.14. The lowest BCUT2D eigenvalue weighted by Crippen LogP contribution is -2.24. The first-order chi connectivity index (χ1) is 9.50. The van der Waals surface area contributed by atoms with Gasteiger partial charge in [-0.1, -0.05) is 12.1 Å². The molecule has 2 rings (SSSR count). The van der Waals surface area contributed by atoms with Crippen molar-refractivity contribution in [2.24, 2.45) is 0 Å². The Labute approximate surface area is 122 Å². The van der Waals surface area contributed by atoms with Gasteiger partial charge in [-0.25, -0.2) is 13.1 Å². The van der Waals surface area contributed by atoms with E-state index in [0.717, 1.165) is 11.1 Å². The van der Waals surface area contributed by atoms with E-state index in [0.29, 0.717) is 17.7 Å². The quantitative estimate of drug-likeness (QED) is 0.923. The number of nitriles is 1. The molecule has 0 aliphatic heterocycles. The third-order valence-corrected chi connectivity index (χ3v) is 5.09.